The number of amides is 5. The fraction of sp³-hybridized carbons (Fsp3) is 0.629. The standard InChI is InChI=1S/C35H46FN5O9S/c1-20(2)29(42)31(44)37-27-12-7-5-3-4-6-10-22-16-35(22,33(46)39-51(48,49)24-13-14-24)38-30(43)28-15-23(18-41(28)32(27)45)50-34(47)40-17-21-9-8-11-26(36)25(21)19-40/h6,8-11,20,22-24,27-29,42H,3-5,7,12-19H2,1-2H3,(H,37,44)(H,38,43)(H,39,46)/b10-6-/t22-,23+,27-,28-,29?,35+/m0/s1. The molecule has 2 saturated carbocycles. The number of carbonyl (C=O) groups is 5. The first kappa shape index (κ1) is 36.7. The highest BCUT2D eigenvalue weighted by atomic mass is 32.2. The van der Waals surface area contributed by atoms with Gasteiger partial charge in [0.2, 0.25) is 27.7 Å². The fourth-order valence-electron chi connectivity index (χ4n) is 7.13. The van der Waals surface area contributed by atoms with Crippen molar-refractivity contribution in [2.24, 2.45) is 11.8 Å². The third kappa shape index (κ3) is 7.91. The Hall–Kier alpha value is -4.05. The number of ether oxygens (including phenoxy) is 1. The molecule has 1 aromatic rings. The predicted molar refractivity (Wildman–Crippen MR) is 180 cm³/mol. The Labute approximate surface area is 296 Å². The highest BCUT2D eigenvalue weighted by Crippen LogP contribution is 2.46. The summed E-state index contributed by atoms with van der Waals surface area (Å²) in [6.07, 6.45) is 4.33. The molecule has 5 aliphatic rings. The fourth-order valence-corrected chi connectivity index (χ4v) is 8.50. The Bertz CT molecular complexity index is 1720. The zero-order valence-corrected chi connectivity index (χ0v) is 29.6. The predicted octanol–water partition coefficient (Wildman–Crippen LogP) is 1.75. The van der Waals surface area contributed by atoms with Gasteiger partial charge < -0.3 is 25.4 Å². The molecule has 4 N–H and O–H groups in total. The average Bonchev–Trinajstić information content (AvgIpc) is 3.96. The number of hydrogen-bond donors (Lipinski definition) is 4. The molecule has 14 nitrogen and oxygen atoms in total. The van der Waals surface area contributed by atoms with Crippen LogP contribution in [0.1, 0.15) is 82.8 Å². The van der Waals surface area contributed by atoms with Crippen LogP contribution in [-0.2, 0) is 47.0 Å². The summed E-state index contributed by atoms with van der Waals surface area (Å²) in [7, 11) is -3.93. The summed E-state index contributed by atoms with van der Waals surface area (Å²) in [6.45, 7) is 3.22. The van der Waals surface area contributed by atoms with Gasteiger partial charge in [-0.05, 0) is 56.1 Å². The monoisotopic (exact) mass is 731 g/mol. The van der Waals surface area contributed by atoms with Gasteiger partial charge in [-0.25, -0.2) is 17.6 Å². The van der Waals surface area contributed by atoms with Crippen LogP contribution in [0, 0.1) is 17.7 Å². The second-order valence-corrected chi connectivity index (χ2v) is 16.7. The van der Waals surface area contributed by atoms with Crippen molar-refractivity contribution in [3.63, 3.8) is 0 Å². The van der Waals surface area contributed by atoms with Crippen molar-refractivity contribution >= 4 is 39.7 Å². The van der Waals surface area contributed by atoms with Gasteiger partial charge in [-0.15, -0.1) is 0 Å². The van der Waals surface area contributed by atoms with Crippen LogP contribution >= 0.6 is 0 Å². The molecule has 51 heavy (non-hydrogen) atoms. The number of hydrogen-bond acceptors (Lipinski definition) is 9. The highest BCUT2D eigenvalue weighted by Gasteiger charge is 2.62. The number of sulfonamides is 1. The van der Waals surface area contributed by atoms with E-state index < -0.39 is 92.5 Å². The molecule has 2 aliphatic carbocycles. The third-order valence-corrected chi connectivity index (χ3v) is 12.3. The van der Waals surface area contributed by atoms with Gasteiger partial charge in [0.15, 0.2) is 0 Å². The summed E-state index contributed by atoms with van der Waals surface area (Å²) < 4.78 is 47.8. The minimum absolute atomic E-state index is 0.0112. The van der Waals surface area contributed by atoms with Crippen molar-refractivity contribution < 1.29 is 46.6 Å². The summed E-state index contributed by atoms with van der Waals surface area (Å²) in [5.41, 5.74) is -0.548. The minimum Gasteiger partial charge on any atom is -0.444 e. The van der Waals surface area contributed by atoms with Crippen molar-refractivity contribution in [2.75, 3.05) is 6.54 Å². The van der Waals surface area contributed by atoms with Gasteiger partial charge in [-0.2, -0.15) is 0 Å². The number of fused-ring (bicyclic) bond motifs is 3. The van der Waals surface area contributed by atoms with E-state index in [1.807, 2.05) is 6.08 Å². The van der Waals surface area contributed by atoms with Gasteiger partial charge in [-0.1, -0.05) is 51.0 Å². The zero-order chi connectivity index (χ0) is 36.7. The smallest absolute Gasteiger partial charge is 0.410 e. The maximum atomic E-state index is 14.4. The summed E-state index contributed by atoms with van der Waals surface area (Å²) >= 11 is 0. The van der Waals surface area contributed by atoms with Crippen LogP contribution < -0.4 is 15.4 Å². The molecule has 0 aromatic heterocycles. The van der Waals surface area contributed by atoms with Crippen LogP contribution in [0.25, 0.3) is 0 Å². The number of allylic oxidation sites excluding steroid dienone is 1. The first-order chi connectivity index (χ1) is 24.2. The molecule has 5 amide bonds. The number of nitrogens with one attached hydrogen (secondary N) is 3. The normalized spacial score (nSPS) is 29.4. The molecular formula is C35H46FN5O9S. The Morgan fingerprint density at radius 1 is 1.10 bits per heavy atom. The molecule has 16 heteroatoms. The molecule has 3 aliphatic heterocycles. The molecule has 0 bridgehead atoms. The quantitative estimate of drug-likeness (QED) is 0.303. The Balaban J connectivity index is 1.25. The first-order valence-electron chi connectivity index (χ1n) is 17.8. The van der Waals surface area contributed by atoms with Crippen LogP contribution in [0.5, 0.6) is 0 Å². The molecule has 1 unspecified atom stereocenters. The molecule has 1 aromatic carbocycles. The number of halogens is 1. The molecular weight excluding hydrogens is 685 g/mol. The number of rotatable bonds is 7. The van der Waals surface area contributed by atoms with Gasteiger partial charge in [0, 0.05) is 24.4 Å². The van der Waals surface area contributed by atoms with Crippen molar-refractivity contribution in [2.45, 2.75) is 120 Å². The summed E-state index contributed by atoms with van der Waals surface area (Å²) in [5, 5.41) is 15.2. The van der Waals surface area contributed by atoms with E-state index in [0.29, 0.717) is 43.2 Å². The van der Waals surface area contributed by atoms with E-state index in [-0.39, 0.29) is 38.9 Å². The lowest BCUT2D eigenvalue weighted by molar-refractivity contribution is -0.144. The second-order valence-electron chi connectivity index (χ2n) is 14.7. The van der Waals surface area contributed by atoms with E-state index in [4.69, 9.17) is 4.74 Å². The van der Waals surface area contributed by atoms with Crippen molar-refractivity contribution in [1.29, 1.82) is 0 Å². The third-order valence-electron chi connectivity index (χ3n) is 10.5. The van der Waals surface area contributed by atoms with Crippen LogP contribution in [0.15, 0.2) is 30.4 Å². The summed E-state index contributed by atoms with van der Waals surface area (Å²) in [6, 6.07) is 2.22. The molecule has 3 heterocycles. The lowest BCUT2D eigenvalue weighted by Gasteiger charge is -2.30. The van der Waals surface area contributed by atoms with Crippen LogP contribution in [0.4, 0.5) is 9.18 Å². The Morgan fingerprint density at radius 2 is 1.86 bits per heavy atom. The molecule has 6 atom stereocenters. The summed E-state index contributed by atoms with van der Waals surface area (Å²) in [5.74, 6) is -4.30. The first-order valence-corrected chi connectivity index (χ1v) is 19.3. The topological polar surface area (TPSA) is 192 Å². The number of carbonyl (C=O) groups excluding carboxylic acids is 5. The maximum Gasteiger partial charge on any atom is 0.410 e. The van der Waals surface area contributed by atoms with Gasteiger partial charge in [0.25, 0.3) is 5.91 Å². The van der Waals surface area contributed by atoms with Crippen molar-refractivity contribution in [3.8, 4) is 0 Å². The molecule has 0 spiro atoms. The largest absolute Gasteiger partial charge is 0.444 e. The van der Waals surface area contributed by atoms with E-state index in [9.17, 15) is 41.9 Å². The molecule has 0 radical (unpaired) electrons. The highest BCUT2D eigenvalue weighted by molar-refractivity contribution is 7.91. The van der Waals surface area contributed by atoms with Crippen molar-refractivity contribution in [3.05, 3.63) is 47.3 Å². The van der Waals surface area contributed by atoms with E-state index in [2.05, 4.69) is 15.4 Å². The lowest BCUT2D eigenvalue weighted by Crippen LogP contribution is -2.58. The Kier molecular flexibility index (Phi) is 10.5. The number of benzene rings is 1. The summed E-state index contributed by atoms with van der Waals surface area (Å²) in [4.78, 5) is 70.8. The van der Waals surface area contributed by atoms with Gasteiger partial charge >= 0.3 is 6.09 Å². The molecule has 3 fully saturated rings. The zero-order valence-electron chi connectivity index (χ0n) is 28.8. The second kappa shape index (κ2) is 14.5. The lowest BCUT2D eigenvalue weighted by atomic mass is 10.0. The van der Waals surface area contributed by atoms with Crippen molar-refractivity contribution in [1.82, 2.24) is 25.2 Å². The van der Waals surface area contributed by atoms with Crippen LogP contribution in [0.2, 0.25) is 0 Å². The van der Waals surface area contributed by atoms with E-state index >= 15 is 0 Å². The molecule has 278 valence electrons. The van der Waals surface area contributed by atoms with Gasteiger partial charge in [-0.3, -0.25) is 28.8 Å². The minimum atomic E-state index is -3.93. The molecule has 6 rings (SSSR count). The number of aliphatic hydroxyl groups excluding tert-OH is 1. The molecule has 1 saturated heterocycles. The number of aliphatic hydroxyl groups is 1. The van der Waals surface area contributed by atoms with E-state index in [1.54, 1.807) is 32.1 Å². The van der Waals surface area contributed by atoms with Gasteiger partial charge in [0.1, 0.15) is 35.6 Å². The number of nitrogens with zero attached hydrogens (tertiary/aromatic N) is 2. The van der Waals surface area contributed by atoms with Crippen LogP contribution in [-0.4, -0.2) is 94.7 Å². The SMILES string of the molecule is CC(C)C(O)C(=O)N[C@H]1CCCCC/C=C\[C@H]2C[C@@]2(C(=O)NS(=O)(=O)C2CC2)NC(=O)[C@@H]2C[C@@H](OC(=O)N3Cc4cccc(F)c4C3)CN2C1=O. The van der Waals surface area contributed by atoms with E-state index in [1.165, 1.54) is 15.9 Å². The Morgan fingerprint density at radius 3 is 2.57 bits per heavy atom. The van der Waals surface area contributed by atoms with E-state index in [0.717, 1.165) is 6.42 Å². The average molecular weight is 732 g/mol. The van der Waals surface area contributed by atoms with Crippen LogP contribution in [0.3, 0.4) is 0 Å². The maximum absolute atomic E-state index is 14.4. The van der Waals surface area contributed by atoms with Gasteiger partial charge in [0.05, 0.1) is 18.3 Å².